The molecule has 1 unspecified atom stereocenters. The Balaban J connectivity index is 2.50. The quantitative estimate of drug-likeness (QED) is 0.765. The van der Waals surface area contributed by atoms with Gasteiger partial charge >= 0.3 is 0 Å². The molecule has 2 rings (SSSR count). The van der Waals surface area contributed by atoms with Crippen LogP contribution in [-0.2, 0) is 11.2 Å². The molecular weight excluding hydrogens is 208 g/mol. The van der Waals surface area contributed by atoms with Crippen LogP contribution in [-0.4, -0.2) is 26.2 Å². The van der Waals surface area contributed by atoms with E-state index in [2.05, 4.69) is 5.32 Å². The normalized spacial score (nSPS) is 18.7. The van der Waals surface area contributed by atoms with Crippen molar-refractivity contribution in [1.82, 2.24) is 0 Å². The first-order valence-electron chi connectivity index (χ1n) is 4.97. The molecule has 1 heterocycles. The number of ether oxygens (including phenoxy) is 2. The molecule has 5 nitrogen and oxygen atoms in total. The summed E-state index contributed by atoms with van der Waals surface area (Å²) in [5.74, 6) is 1.15. The van der Waals surface area contributed by atoms with E-state index >= 15 is 0 Å². The molecule has 0 saturated carbocycles. The van der Waals surface area contributed by atoms with Crippen molar-refractivity contribution in [2.75, 3.05) is 19.5 Å². The Bertz CT molecular complexity index is 431. The number of methoxy groups -OCH3 is 2. The number of fused-ring (bicyclic) bond motifs is 1. The van der Waals surface area contributed by atoms with Crippen LogP contribution in [0.1, 0.15) is 5.56 Å². The molecule has 0 spiro atoms. The third kappa shape index (κ3) is 1.69. The average molecular weight is 222 g/mol. The minimum atomic E-state index is -0.519. The van der Waals surface area contributed by atoms with Gasteiger partial charge < -0.3 is 20.5 Å². The first-order valence-corrected chi connectivity index (χ1v) is 4.97. The Kier molecular flexibility index (Phi) is 2.70. The molecule has 1 aromatic carbocycles. The summed E-state index contributed by atoms with van der Waals surface area (Å²) in [6, 6.07) is 3.03. The minimum Gasteiger partial charge on any atom is -0.497 e. The second-order valence-corrected chi connectivity index (χ2v) is 3.66. The number of amides is 1. The molecule has 1 amide bonds. The lowest BCUT2D eigenvalue weighted by atomic mass is 9.98. The number of nitrogens with one attached hydrogen (secondary N) is 1. The predicted octanol–water partition coefficient (Wildman–Crippen LogP) is 0.526. The molecule has 0 aromatic heterocycles. The standard InChI is InChI=1S/C11H14N2O3/c1-15-6-3-9-7(10(4-6)16-2)5-8(12)11(14)13-9/h3-4,8H,5,12H2,1-2H3,(H,13,14). The highest BCUT2D eigenvalue weighted by atomic mass is 16.5. The van der Waals surface area contributed by atoms with Gasteiger partial charge in [-0.25, -0.2) is 0 Å². The molecule has 1 atom stereocenters. The summed E-state index contributed by atoms with van der Waals surface area (Å²) in [4.78, 5) is 11.4. The predicted molar refractivity (Wildman–Crippen MR) is 59.9 cm³/mol. The van der Waals surface area contributed by atoms with E-state index in [0.717, 1.165) is 5.56 Å². The van der Waals surface area contributed by atoms with Gasteiger partial charge in [-0.2, -0.15) is 0 Å². The molecule has 0 fully saturated rings. The lowest BCUT2D eigenvalue weighted by Gasteiger charge is -2.24. The van der Waals surface area contributed by atoms with Gasteiger partial charge in [-0.1, -0.05) is 0 Å². The smallest absolute Gasteiger partial charge is 0.241 e. The molecule has 1 aliphatic heterocycles. The Morgan fingerprint density at radius 3 is 2.75 bits per heavy atom. The molecule has 1 aliphatic rings. The summed E-state index contributed by atoms with van der Waals surface area (Å²) < 4.78 is 10.4. The minimum absolute atomic E-state index is 0.178. The fraction of sp³-hybridized carbons (Fsp3) is 0.364. The lowest BCUT2D eigenvalue weighted by molar-refractivity contribution is -0.117. The summed E-state index contributed by atoms with van der Waals surface area (Å²) in [5, 5.41) is 2.74. The van der Waals surface area contributed by atoms with E-state index in [9.17, 15) is 4.79 Å². The van der Waals surface area contributed by atoms with Crippen LogP contribution in [0.3, 0.4) is 0 Å². The highest BCUT2D eigenvalue weighted by Gasteiger charge is 2.26. The first kappa shape index (κ1) is 10.8. The second kappa shape index (κ2) is 4.02. The van der Waals surface area contributed by atoms with Gasteiger partial charge in [0, 0.05) is 24.1 Å². The van der Waals surface area contributed by atoms with Gasteiger partial charge in [-0.15, -0.1) is 0 Å². The number of rotatable bonds is 2. The number of hydrogen-bond acceptors (Lipinski definition) is 4. The number of benzene rings is 1. The van der Waals surface area contributed by atoms with Gasteiger partial charge in [0.05, 0.1) is 25.9 Å². The van der Waals surface area contributed by atoms with Gasteiger partial charge in [0.15, 0.2) is 0 Å². The summed E-state index contributed by atoms with van der Waals surface area (Å²) in [6.45, 7) is 0. The van der Waals surface area contributed by atoms with Crippen molar-refractivity contribution >= 4 is 11.6 Å². The van der Waals surface area contributed by atoms with Crippen LogP contribution < -0.4 is 20.5 Å². The fourth-order valence-electron chi connectivity index (χ4n) is 1.78. The summed E-state index contributed by atoms with van der Waals surface area (Å²) in [6.07, 6.45) is 0.480. The van der Waals surface area contributed by atoms with Gasteiger partial charge in [-0.3, -0.25) is 4.79 Å². The molecule has 0 aliphatic carbocycles. The zero-order valence-electron chi connectivity index (χ0n) is 9.24. The van der Waals surface area contributed by atoms with Gasteiger partial charge in [0.2, 0.25) is 5.91 Å². The molecule has 0 saturated heterocycles. The van der Waals surface area contributed by atoms with Crippen LogP contribution in [0.2, 0.25) is 0 Å². The molecule has 5 heteroatoms. The van der Waals surface area contributed by atoms with Crippen molar-refractivity contribution in [2.45, 2.75) is 12.5 Å². The topological polar surface area (TPSA) is 73.6 Å². The van der Waals surface area contributed by atoms with Crippen molar-refractivity contribution in [3.8, 4) is 11.5 Å². The van der Waals surface area contributed by atoms with E-state index < -0.39 is 6.04 Å². The lowest BCUT2D eigenvalue weighted by Crippen LogP contribution is -2.41. The SMILES string of the molecule is COc1cc2c(c(OC)c1)CC(N)C(=O)N2. The van der Waals surface area contributed by atoms with Crippen LogP contribution >= 0.6 is 0 Å². The third-order valence-electron chi connectivity index (χ3n) is 2.66. The molecule has 0 radical (unpaired) electrons. The van der Waals surface area contributed by atoms with Crippen molar-refractivity contribution in [1.29, 1.82) is 0 Å². The Labute approximate surface area is 93.5 Å². The molecule has 16 heavy (non-hydrogen) atoms. The molecule has 3 N–H and O–H groups in total. The van der Waals surface area contributed by atoms with Crippen LogP contribution in [0.15, 0.2) is 12.1 Å². The maximum Gasteiger partial charge on any atom is 0.241 e. The monoisotopic (exact) mass is 222 g/mol. The molecular formula is C11H14N2O3. The number of anilines is 1. The van der Waals surface area contributed by atoms with Crippen molar-refractivity contribution in [3.63, 3.8) is 0 Å². The summed E-state index contributed by atoms with van der Waals surface area (Å²) in [5.41, 5.74) is 7.31. The van der Waals surface area contributed by atoms with Gasteiger partial charge in [0.1, 0.15) is 11.5 Å². The van der Waals surface area contributed by atoms with Crippen molar-refractivity contribution in [3.05, 3.63) is 17.7 Å². The van der Waals surface area contributed by atoms with Crippen LogP contribution in [0.5, 0.6) is 11.5 Å². The molecule has 1 aromatic rings. The van der Waals surface area contributed by atoms with E-state index in [0.29, 0.717) is 23.6 Å². The Morgan fingerprint density at radius 1 is 1.38 bits per heavy atom. The van der Waals surface area contributed by atoms with Gasteiger partial charge in [-0.05, 0) is 0 Å². The van der Waals surface area contributed by atoms with E-state index in [1.807, 2.05) is 0 Å². The van der Waals surface area contributed by atoms with Crippen LogP contribution in [0.4, 0.5) is 5.69 Å². The first-order chi connectivity index (χ1) is 7.65. The second-order valence-electron chi connectivity index (χ2n) is 3.66. The maximum atomic E-state index is 11.4. The number of nitrogens with two attached hydrogens (primary N) is 1. The van der Waals surface area contributed by atoms with E-state index in [4.69, 9.17) is 15.2 Å². The van der Waals surface area contributed by atoms with Crippen LogP contribution in [0, 0.1) is 0 Å². The van der Waals surface area contributed by atoms with E-state index in [1.165, 1.54) is 0 Å². The van der Waals surface area contributed by atoms with Crippen LogP contribution in [0.25, 0.3) is 0 Å². The zero-order chi connectivity index (χ0) is 11.7. The third-order valence-corrected chi connectivity index (χ3v) is 2.66. The number of hydrogen-bond donors (Lipinski definition) is 2. The Hall–Kier alpha value is -1.75. The highest BCUT2D eigenvalue weighted by molar-refractivity contribution is 5.98. The number of carbonyl (C=O) groups is 1. The average Bonchev–Trinajstić information content (AvgIpc) is 2.29. The zero-order valence-corrected chi connectivity index (χ0v) is 9.24. The molecule has 86 valence electrons. The van der Waals surface area contributed by atoms with E-state index in [1.54, 1.807) is 26.4 Å². The molecule has 0 bridgehead atoms. The van der Waals surface area contributed by atoms with Crippen molar-refractivity contribution in [2.24, 2.45) is 5.73 Å². The highest BCUT2D eigenvalue weighted by Crippen LogP contribution is 2.35. The van der Waals surface area contributed by atoms with Crippen molar-refractivity contribution < 1.29 is 14.3 Å². The summed E-state index contributed by atoms with van der Waals surface area (Å²) >= 11 is 0. The number of carbonyl (C=O) groups excluding carboxylic acids is 1. The summed E-state index contributed by atoms with van der Waals surface area (Å²) in [7, 11) is 3.15. The maximum absolute atomic E-state index is 11.4. The van der Waals surface area contributed by atoms with E-state index in [-0.39, 0.29) is 5.91 Å². The largest absolute Gasteiger partial charge is 0.497 e. The fourth-order valence-corrected chi connectivity index (χ4v) is 1.78. The Morgan fingerprint density at radius 2 is 2.12 bits per heavy atom. The van der Waals surface area contributed by atoms with Gasteiger partial charge in [0.25, 0.3) is 0 Å².